The van der Waals surface area contributed by atoms with E-state index in [2.05, 4.69) is 29.0 Å². The Hall–Kier alpha value is -3.53. The van der Waals surface area contributed by atoms with Crippen molar-refractivity contribution >= 4 is 27.9 Å². The lowest BCUT2D eigenvalue weighted by atomic mass is 10.2. The SMILES string of the molecule is CC(C)n1ccc(-c2nc3sccn3c2-c2ccc3ncc(C(N)=O)n3n2)n1. The van der Waals surface area contributed by atoms with Crippen molar-refractivity contribution < 1.29 is 4.79 Å². The molecule has 0 radical (unpaired) electrons. The molecule has 9 nitrogen and oxygen atoms in total. The summed E-state index contributed by atoms with van der Waals surface area (Å²) in [6.07, 6.45) is 5.31. The number of rotatable bonds is 4. The molecule has 5 rings (SSSR count). The lowest BCUT2D eigenvalue weighted by Gasteiger charge is -2.05. The van der Waals surface area contributed by atoms with E-state index in [-0.39, 0.29) is 11.7 Å². The van der Waals surface area contributed by atoms with Crippen LogP contribution in [0.4, 0.5) is 0 Å². The second-order valence-electron chi connectivity index (χ2n) is 6.64. The quantitative estimate of drug-likeness (QED) is 0.506. The molecule has 0 saturated carbocycles. The van der Waals surface area contributed by atoms with E-state index in [0.29, 0.717) is 11.3 Å². The minimum Gasteiger partial charge on any atom is -0.364 e. The van der Waals surface area contributed by atoms with Gasteiger partial charge in [0.2, 0.25) is 0 Å². The molecule has 5 aromatic rings. The van der Waals surface area contributed by atoms with Gasteiger partial charge in [0.15, 0.2) is 10.6 Å². The normalized spacial score (nSPS) is 11.8. The number of hydrogen-bond acceptors (Lipinski definition) is 6. The van der Waals surface area contributed by atoms with Gasteiger partial charge >= 0.3 is 0 Å². The van der Waals surface area contributed by atoms with Crippen molar-refractivity contribution in [2.45, 2.75) is 19.9 Å². The molecule has 0 atom stereocenters. The number of nitrogens with two attached hydrogens (primary N) is 1. The molecule has 140 valence electrons. The average Bonchev–Trinajstić information content (AvgIpc) is 3.41. The van der Waals surface area contributed by atoms with Crippen LogP contribution >= 0.6 is 11.3 Å². The first-order chi connectivity index (χ1) is 13.5. The van der Waals surface area contributed by atoms with Crippen LogP contribution in [0.5, 0.6) is 0 Å². The minimum atomic E-state index is -0.581. The lowest BCUT2D eigenvalue weighted by Crippen LogP contribution is -2.15. The van der Waals surface area contributed by atoms with Gasteiger partial charge in [0.1, 0.15) is 28.5 Å². The fourth-order valence-corrected chi connectivity index (χ4v) is 3.84. The van der Waals surface area contributed by atoms with Crippen LogP contribution in [0.25, 0.3) is 33.4 Å². The number of amides is 1. The van der Waals surface area contributed by atoms with Crippen LogP contribution in [-0.2, 0) is 0 Å². The van der Waals surface area contributed by atoms with E-state index in [9.17, 15) is 4.79 Å². The van der Waals surface area contributed by atoms with Gasteiger partial charge in [0, 0.05) is 23.8 Å². The van der Waals surface area contributed by atoms with E-state index in [1.807, 2.05) is 39.0 Å². The summed E-state index contributed by atoms with van der Waals surface area (Å²) >= 11 is 1.53. The number of primary amides is 1. The van der Waals surface area contributed by atoms with Crippen molar-refractivity contribution in [3.8, 4) is 22.8 Å². The molecule has 0 aliphatic heterocycles. The zero-order valence-corrected chi connectivity index (χ0v) is 16.0. The van der Waals surface area contributed by atoms with Crippen LogP contribution in [0, 0.1) is 0 Å². The van der Waals surface area contributed by atoms with Gasteiger partial charge in [0.25, 0.3) is 5.91 Å². The van der Waals surface area contributed by atoms with Gasteiger partial charge in [-0.1, -0.05) is 0 Å². The number of imidazole rings is 2. The summed E-state index contributed by atoms with van der Waals surface area (Å²) in [5.41, 5.74) is 9.18. The average molecular weight is 392 g/mol. The molecule has 0 aliphatic rings. The summed E-state index contributed by atoms with van der Waals surface area (Å²) in [4.78, 5) is 21.5. The topological polar surface area (TPSA) is 108 Å². The van der Waals surface area contributed by atoms with Gasteiger partial charge in [-0.25, -0.2) is 14.5 Å². The Bertz CT molecular complexity index is 1340. The maximum atomic E-state index is 11.7. The summed E-state index contributed by atoms with van der Waals surface area (Å²) in [5, 5.41) is 11.2. The zero-order chi connectivity index (χ0) is 19.4. The molecule has 0 fully saturated rings. The van der Waals surface area contributed by atoms with Crippen LogP contribution < -0.4 is 5.73 Å². The number of aromatic nitrogens is 7. The predicted molar refractivity (Wildman–Crippen MR) is 105 cm³/mol. The summed E-state index contributed by atoms with van der Waals surface area (Å²) in [6, 6.07) is 5.86. The smallest absolute Gasteiger partial charge is 0.269 e. The monoisotopic (exact) mass is 392 g/mol. The third-order valence-corrected chi connectivity index (χ3v) is 5.26. The van der Waals surface area contributed by atoms with E-state index >= 15 is 0 Å². The highest BCUT2D eigenvalue weighted by molar-refractivity contribution is 7.15. The second-order valence-corrected chi connectivity index (χ2v) is 7.51. The summed E-state index contributed by atoms with van der Waals surface area (Å²) in [7, 11) is 0. The Morgan fingerprint density at radius 1 is 1.14 bits per heavy atom. The molecule has 0 unspecified atom stereocenters. The Morgan fingerprint density at radius 2 is 2.00 bits per heavy atom. The molecular formula is C18H16N8OS. The molecule has 0 aliphatic carbocycles. The van der Waals surface area contributed by atoms with Crippen LogP contribution in [0.2, 0.25) is 0 Å². The molecule has 0 aromatic carbocycles. The Kier molecular flexibility index (Phi) is 3.56. The van der Waals surface area contributed by atoms with Crippen LogP contribution in [0.15, 0.2) is 42.2 Å². The lowest BCUT2D eigenvalue weighted by molar-refractivity contribution is 0.0993. The van der Waals surface area contributed by atoms with E-state index < -0.39 is 5.91 Å². The number of nitrogens with zero attached hydrogens (tertiary/aromatic N) is 7. The standard InChI is InChI=1S/C18H16N8OS/c1-10(2)25-6-5-11(22-25)15-16(24-7-8-28-18(24)21-15)12-3-4-14-20-9-13(17(19)27)26(14)23-12/h3-10H,1-2H3,(H2,19,27). The molecule has 28 heavy (non-hydrogen) atoms. The van der Waals surface area contributed by atoms with Crippen molar-refractivity contribution in [2.75, 3.05) is 0 Å². The highest BCUT2D eigenvalue weighted by Gasteiger charge is 2.21. The van der Waals surface area contributed by atoms with Gasteiger partial charge < -0.3 is 5.73 Å². The number of hydrogen-bond donors (Lipinski definition) is 1. The van der Waals surface area contributed by atoms with Gasteiger partial charge in [-0.3, -0.25) is 13.9 Å². The van der Waals surface area contributed by atoms with Crippen LogP contribution in [-0.4, -0.2) is 39.7 Å². The maximum Gasteiger partial charge on any atom is 0.269 e. The highest BCUT2D eigenvalue weighted by atomic mass is 32.1. The molecule has 5 aromatic heterocycles. The number of thiazole rings is 1. The first-order valence-electron chi connectivity index (χ1n) is 8.69. The fraction of sp³-hybridized carbons (Fsp3) is 0.167. The number of fused-ring (bicyclic) bond motifs is 2. The Morgan fingerprint density at radius 3 is 2.75 bits per heavy atom. The molecule has 10 heteroatoms. The van der Waals surface area contributed by atoms with Crippen LogP contribution in [0.1, 0.15) is 30.4 Å². The van der Waals surface area contributed by atoms with E-state index in [1.165, 1.54) is 22.0 Å². The third-order valence-electron chi connectivity index (χ3n) is 4.50. The maximum absolute atomic E-state index is 11.7. The van der Waals surface area contributed by atoms with Crippen molar-refractivity contribution in [3.05, 3.63) is 47.9 Å². The van der Waals surface area contributed by atoms with Gasteiger partial charge in [-0.2, -0.15) is 10.2 Å². The first-order valence-corrected chi connectivity index (χ1v) is 9.57. The third kappa shape index (κ3) is 2.42. The Labute approximate surface area is 163 Å². The number of carbonyl (C=O) groups excluding carboxylic acids is 1. The van der Waals surface area contributed by atoms with Crippen molar-refractivity contribution in [1.29, 1.82) is 0 Å². The predicted octanol–water partition coefficient (Wildman–Crippen LogP) is 2.65. The first kappa shape index (κ1) is 16.6. The molecule has 2 N–H and O–H groups in total. The second kappa shape index (κ2) is 5.99. The summed E-state index contributed by atoms with van der Waals surface area (Å²) in [6.45, 7) is 4.15. The highest BCUT2D eigenvalue weighted by Crippen LogP contribution is 2.33. The largest absolute Gasteiger partial charge is 0.364 e. The zero-order valence-electron chi connectivity index (χ0n) is 15.1. The Balaban J connectivity index is 1.76. The molecule has 0 saturated heterocycles. The van der Waals surface area contributed by atoms with Gasteiger partial charge in [0.05, 0.1) is 6.20 Å². The molecule has 0 bridgehead atoms. The van der Waals surface area contributed by atoms with Gasteiger partial charge in [-0.15, -0.1) is 11.3 Å². The number of carbonyl (C=O) groups is 1. The van der Waals surface area contributed by atoms with Crippen LogP contribution in [0.3, 0.4) is 0 Å². The fourth-order valence-electron chi connectivity index (χ4n) is 3.13. The molecular weight excluding hydrogens is 376 g/mol. The minimum absolute atomic E-state index is 0.230. The van der Waals surface area contributed by atoms with Crippen molar-refractivity contribution in [3.63, 3.8) is 0 Å². The van der Waals surface area contributed by atoms with E-state index in [4.69, 9.17) is 10.7 Å². The van der Waals surface area contributed by atoms with Crippen molar-refractivity contribution in [1.82, 2.24) is 33.8 Å². The van der Waals surface area contributed by atoms with Gasteiger partial charge in [-0.05, 0) is 32.0 Å². The summed E-state index contributed by atoms with van der Waals surface area (Å²) in [5.74, 6) is -0.581. The molecule has 0 spiro atoms. The molecule has 5 heterocycles. The van der Waals surface area contributed by atoms with E-state index in [0.717, 1.165) is 22.0 Å². The molecule has 1 amide bonds. The summed E-state index contributed by atoms with van der Waals surface area (Å²) < 4.78 is 5.33. The van der Waals surface area contributed by atoms with E-state index in [1.54, 1.807) is 6.07 Å². The van der Waals surface area contributed by atoms with Crippen molar-refractivity contribution in [2.24, 2.45) is 5.73 Å².